The molecule has 0 atom stereocenters. The van der Waals surface area contributed by atoms with Crippen LogP contribution in [-0.2, 0) is 44.9 Å². The zero-order chi connectivity index (χ0) is 78.2. The molecular formula is C116H92. The van der Waals surface area contributed by atoms with Crippen LogP contribution in [0.25, 0.3) is 143 Å². The molecule has 0 heterocycles. The maximum atomic E-state index is 2.47. The van der Waals surface area contributed by atoms with Crippen LogP contribution in [0, 0.1) is 34.6 Å². The average Bonchev–Trinajstić information content (AvgIpc) is 1.57. The summed E-state index contributed by atoms with van der Waals surface area (Å²) in [7, 11) is 0. The molecule has 0 nitrogen and oxygen atoms in total. The van der Waals surface area contributed by atoms with Gasteiger partial charge in [-0.15, -0.1) is 0 Å². The van der Waals surface area contributed by atoms with E-state index >= 15 is 0 Å². The van der Waals surface area contributed by atoms with Gasteiger partial charge in [0.2, 0.25) is 0 Å². The molecule has 0 amide bonds. The lowest BCUT2D eigenvalue weighted by Gasteiger charge is -2.09. The van der Waals surface area contributed by atoms with Crippen LogP contribution in [0.5, 0.6) is 0 Å². The molecule has 0 saturated carbocycles. The Kier molecular flexibility index (Phi) is 18.5. The van der Waals surface area contributed by atoms with Crippen molar-refractivity contribution in [1.82, 2.24) is 0 Å². The van der Waals surface area contributed by atoms with E-state index in [0.29, 0.717) is 0 Å². The van der Waals surface area contributed by atoms with Gasteiger partial charge in [0.1, 0.15) is 0 Å². The maximum Gasteiger partial charge on any atom is -0.000729 e. The predicted molar refractivity (Wildman–Crippen MR) is 496 cm³/mol. The molecule has 0 heteroatoms. The molecule has 0 radical (unpaired) electrons. The minimum absolute atomic E-state index is 1.06. The molecule has 26 rings (SSSR count). The van der Waals surface area contributed by atoms with Crippen LogP contribution in [0.1, 0.15) is 120 Å². The van der Waals surface area contributed by atoms with Gasteiger partial charge < -0.3 is 0 Å². The second-order valence-electron chi connectivity index (χ2n) is 32.8. The number of fused-ring (bicyclic) bond motifs is 31. The first-order valence-corrected chi connectivity index (χ1v) is 41.8. The molecule has 116 heavy (non-hydrogen) atoms. The second-order valence-corrected chi connectivity index (χ2v) is 32.8. The van der Waals surface area contributed by atoms with Crippen molar-refractivity contribution in [3.05, 3.63) is 451 Å². The van der Waals surface area contributed by atoms with Crippen molar-refractivity contribution in [3.8, 4) is 77.9 Å². The summed E-state index contributed by atoms with van der Waals surface area (Å²) in [6.07, 6.45) is 7.52. The quantitative estimate of drug-likeness (QED) is 0.142. The monoisotopic (exact) mass is 1480 g/mol. The van der Waals surface area contributed by atoms with Crippen molar-refractivity contribution < 1.29 is 0 Å². The minimum atomic E-state index is 1.06. The lowest BCUT2D eigenvalue weighted by Crippen LogP contribution is -1.86. The molecule has 19 aromatic rings. The highest BCUT2D eigenvalue weighted by Gasteiger charge is 2.29. The molecule has 0 bridgehead atoms. The largest absolute Gasteiger partial charge is 0.0683 e. The van der Waals surface area contributed by atoms with Crippen molar-refractivity contribution in [2.75, 3.05) is 0 Å². The number of rotatable bonds is 0. The lowest BCUT2D eigenvalue weighted by atomic mass is 9.95. The predicted octanol–water partition coefficient (Wildman–Crippen LogP) is 30.6. The smallest absolute Gasteiger partial charge is 0.000729 e. The fourth-order valence-electron chi connectivity index (χ4n) is 20.0. The van der Waals surface area contributed by atoms with E-state index in [9.17, 15) is 0 Å². The zero-order valence-electron chi connectivity index (χ0n) is 67.4. The molecule has 0 saturated heterocycles. The van der Waals surface area contributed by atoms with Crippen molar-refractivity contribution in [2.24, 2.45) is 0 Å². The first-order valence-electron chi connectivity index (χ1n) is 41.8. The molecule has 19 aromatic carbocycles. The molecule has 7 aliphatic rings. The van der Waals surface area contributed by atoms with Gasteiger partial charge in [-0.2, -0.15) is 0 Å². The molecule has 7 aliphatic carbocycles. The van der Waals surface area contributed by atoms with Crippen LogP contribution in [-0.4, -0.2) is 0 Å². The maximum absolute atomic E-state index is 2.47. The van der Waals surface area contributed by atoms with Gasteiger partial charge in [-0.25, -0.2) is 0 Å². The Labute approximate surface area is 682 Å². The van der Waals surface area contributed by atoms with Crippen molar-refractivity contribution >= 4 is 64.6 Å². The van der Waals surface area contributed by atoms with Crippen LogP contribution in [0.3, 0.4) is 0 Å². The van der Waals surface area contributed by atoms with E-state index in [1.54, 1.807) is 0 Å². The highest BCUT2D eigenvalue weighted by Crippen LogP contribution is 2.50. The number of aryl methyl sites for hydroxylation is 5. The third-order valence-corrected chi connectivity index (χ3v) is 25.4. The highest BCUT2D eigenvalue weighted by atomic mass is 14.3. The number of benzene rings is 19. The molecule has 0 spiro atoms. The van der Waals surface area contributed by atoms with E-state index in [1.165, 1.54) is 248 Å². The minimum Gasteiger partial charge on any atom is -0.0683 e. The van der Waals surface area contributed by atoms with Gasteiger partial charge in [-0.05, 0) is 330 Å². The van der Waals surface area contributed by atoms with Gasteiger partial charge in [-0.1, -0.05) is 358 Å². The molecule has 0 aliphatic heterocycles. The molecule has 556 valence electrons. The van der Waals surface area contributed by atoms with E-state index in [1.807, 2.05) is 13.8 Å². The van der Waals surface area contributed by atoms with E-state index in [-0.39, 0.29) is 0 Å². The summed E-state index contributed by atoms with van der Waals surface area (Å²) in [5, 5.41) is 16.4. The summed E-state index contributed by atoms with van der Waals surface area (Å²) < 4.78 is 0. The van der Waals surface area contributed by atoms with Gasteiger partial charge in [0, 0.05) is 0 Å². The van der Waals surface area contributed by atoms with E-state index < -0.39 is 0 Å². The van der Waals surface area contributed by atoms with Crippen LogP contribution >= 0.6 is 0 Å². The SMILES string of the molecule is CC.Cc1cc2c(c3ccccc13)-c1ccccc1C2.Cc1ccc2c(c1)Cc1cc3c(cc1-2)Cc1ccc2ccccc2c1-3.Cc1ccc2c(c1)Cc1cc3ccccc3cc1-2.Cc1ccc2c3c(ccc2c1)-c1ccccc1C3.Cc1ccc2cc3c(cc2c1)Cc1ccccc1-3.c1ccc2c(c1)Cc1c-2ccc2ccccc12. The Morgan fingerprint density at radius 2 is 0.491 bits per heavy atom. The molecule has 0 aromatic heterocycles. The summed E-state index contributed by atoms with van der Waals surface area (Å²) in [5.41, 5.74) is 47.4. The van der Waals surface area contributed by atoms with Crippen molar-refractivity contribution in [2.45, 2.75) is 93.4 Å². The summed E-state index contributed by atoms with van der Waals surface area (Å²) in [6, 6.07) is 127. The van der Waals surface area contributed by atoms with E-state index in [4.69, 9.17) is 0 Å². The lowest BCUT2D eigenvalue weighted by molar-refractivity contribution is 1.23. The topological polar surface area (TPSA) is 0 Å². The van der Waals surface area contributed by atoms with Gasteiger partial charge in [0.05, 0.1) is 0 Å². The van der Waals surface area contributed by atoms with Gasteiger partial charge in [0.25, 0.3) is 0 Å². The molecular weight excluding hydrogens is 1390 g/mol. The van der Waals surface area contributed by atoms with Gasteiger partial charge in [0.15, 0.2) is 0 Å². The van der Waals surface area contributed by atoms with E-state index in [0.717, 1.165) is 44.9 Å². The third kappa shape index (κ3) is 13.0. The summed E-state index contributed by atoms with van der Waals surface area (Å²) in [6.45, 7) is 14.9. The standard InChI is InChI=1S/C25H18.4C18H14.C17H12.C2H6/c1-15-6-9-21-18(10-15)12-19-14-24-20(13-23(19)21)11-17-8-7-16-4-2-3-5-22(16)25(17)24;1-12-10-14-11-13-6-2-3-8-16(13)18(14)17-9-5-4-7-15(12)17;1-12-6-8-16-14(10-12)7-9-17-15-5-3-2-4-13(15)11-18(16)17;1-12-6-7-13-11-18-16(10-15(13)8-12)9-14-4-2-3-5-17(14)18;1-12-6-7-17-15(8-12)10-16-9-13-4-2-3-5-14(13)11-18(16)17;1-3-7-14-12(5-1)9-10-16-15-8-4-2-6-13(15)11-17(14)16;1-2/h2-10,13-14H,11-12H2,1H3;2*2-10H,11H2,1H3;2-8,10-11H,9H2,1H3;2-9,11H,10H2,1H3;1-10H,11H2;1-2H3. The fourth-order valence-corrected chi connectivity index (χ4v) is 20.0. The molecule has 0 unspecified atom stereocenters. The summed E-state index contributed by atoms with van der Waals surface area (Å²) in [4.78, 5) is 0. The second kappa shape index (κ2) is 29.9. The van der Waals surface area contributed by atoms with E-state index in [2.05, 4.69) is 380 Å². The Morgan fingerprint density at radius 3 is 1.12 bits per heavy atom. The highest BCUT2D eigenvalue weighted by molar-refractivity contribution is 6.05. The summed E-state index contributed by atoms with van der Waals surface area (Å²) in [5.74, 6) is 0. The number of hydrogen-bond acceptors (Lipinski definition) is 0. The van der Waals surface area contributed by atoms with Crippen LogP contribution in [0.15, 0.2) is 346 Å². The normalized spacial score (nSPS) is 12.5. The van der Waals surface area contributed by atoms with Crippen molar-refractivity contribution in [3.63, 3.8) is 0 Å². The Hall–Kier alpha value is -13.3. The Balaban J connectivity index is 0.0000000898. The van der Waals surface area contributed by atoms with Crippen LogP contribution in [0.2, 0.25) is 0 Å². The third-order valence-electron chi connectivity index (χ3n) is 25.4. The molecule has 0 N–H and O–H groups in total. The van der Waals surface area contributed by atoms with Crippen LogP contribution < -0.4 is 0 Å². The van der Waals surface area contributed by atoms with Gasteiger partial charge in [-0.3, -0.25) is 0 Å². The average molecular weight is 1490 g/mol. The first-order chi connectivity index (χ1) is 57.0. The Morgan fingerprint density at radius 1 is 0.155 bits per heavy atom. The molecule has 0 fully saturated rings. The van der Waals surface area contributed by atoms with Crippen molar-refractivity contribution in [1.29, 1.82) is 0 Å². The van der Waals surface area contributed by atoms with Crippen LogP contribution in [0.4, 0.5) is 0 Å². The summed E-state index contributed by atoms with van der Waals surface area (Å²) >= 11 is 0. The van der Waals surface area contributed by atoms with Gasteiger partial charge >= 0.3 is 0 Å². The fraction of sp³-hybridized carbons (Fsp3) is 0.121. The number of hydrogen-bond donors (Lipinski definition) is 0. The Bertz CT molecular complexity index is 7170. The zero-order valence-corrected chi connectivity index (χ0v) is 67.4. The first kappa shape index (κ1) is 71.8.